The first-order valence-electron chi connectivity index (χ1n) is 13.8. The third-order valence-electron chi connectivity index (χ3n) is 7.07. The molecule has 11 nitrogen and oxygen atoms in total. The molecule has 2 aromatic carbocycles. The fraction of sp³-hybridized carbons (Fsp3) is 0.448. The number of sulfonamides is 1. The fourth-order valence-corrected chi connectivity index (χ4v) is 6.77. The topological polar surface area (TPSA) is 181 Å². The second-order valence-corrected chi connectivity index (χ2v) is 13.0. The zero-order valence-corrected chi connectivity index (χ0v) is 25.5. The van der Waals surface area contributed by atoms with Crippen LogP contribution in [0.1, 0.15) is 60.8 Å². The van der Waals surface area contributed by atoms with E-state index in [2.05, 4.69) is 20.1 Å². The molecule has 6 N–H and O–H groups in total. The molecule has 3 amide bonds. The van der Waals surface area contributed by atoms with Gasteiger partial charge >= 0.3 is 6.09 Å². The number of primary amides is 1. The lowest BCUT2D eigenvalue weighted by Gasteiger charge is -2.27. The Morgan fingerprint density at radius 2 is 1.83 bits per heavy atom. The van der Waals surface area contributed by atoms with Crippen LogP contribution in [0.2, 0.25) is 0 Å². The third kappa shape index (κ3) is 9.57. The molecule has 42 heavy (non-hydrogen) atoms. The molecule has 0 aliphatic heterocycles. The number of rotatable bonds is 15. The van der Waals surface area contributed by atoms with Crippen molar-refractivity contribution >= 4 is 45.6 Å². The van der Waals surface area contributed by atoms with Gasteiger partial charge in [0.15, 0.2) is 0 Å². The number of amides is 3. The highest BCUT2D eigenvalue weighted by molar-refractivity contribution is 7.98. The molecule has 2 aromatic rings. The van der Waals surface area contributed by atoms with Crippen LogP contribution in [0, 0.1) is 5.41 Å². The Bertz CT molecular complexity index is 1370. The summed E-state index contributed by atoms with van der Waals surface area (Å²) < 4.78 is 33.1. The van der Waals surface area contributed by atoms with Crippen LogP contribution in [0.25, 0.3) is 0 Å². The standard InChI is InChI=1S/C29H39N5O6S2/c1-3-4-17-42(38,39)34-25(23-14-13-20-7-5-6-8-22(20)23)28(36)33-24(15-16-41-2)27(35)32-18-19-9-11-21(12-10-19)26(30)40-29(31)37/h5-12,23-25,30,34H,3-4,13-18H2,1-2H3,(H2,31,37)(H,32,35)(H,33,36)/t23?,24-,25+/m0/s1. The van der Waals surface area contributed by atoms with Crippen LogP contribution in [0.5, 0.6) is 0 Å². The quantitative estimate of drug-likeness (QED) is 0.150. The van der Waals surface area contributed by atoms with E-state index in [4.69, 9.17) is 11.1 Å². The Kier molecular flexibility index (Phi) is 12.4. The number of ether oxygens (including phenoxy) is 1. The number of benzene rings is 2. The maximum absolute atomic E-state index is 13.7. The second kappa shape index (κ2) is 15.7. The van der Waals surface area contributed by atoms with Gasteiger partial charge in [0, 0.05) is 18.0 Å². The molecule has 228 valence electrons. The molecule has 1 unspecified atom stereocenters. The summed E-state index contributed by atoms with van der Waals surface area (Å²) in [6.07, 6.45) is 3.71. The average Bonchev–Trinajstić information content (AvgIpc) is 3.39. The predicted molar refractivity (Wildman–Crippen MR) is 164 cm³/mol. The number of unbranched alkanes of at least 4 members (excludes halogenated alkanes) is 1. The van der Waals surface area contributed by atoms with Gasteiger partial charge in [-0.05, 0) is 66.5 Å². The van der Waals surface area contributed by atoms with E-state index in [1.807, 2.05) is 37.4 Å². The zero-order chi connectivity index (χ0) is 30.7. The monoisotopic (exact) mass is 617 g/mol. The smallest absolute Gasteiger partial charge is 0.391 e. The van der Waals surface area contributed by atoms with Crippen LogP contribution in [-0.2, 0) is 37.3 Å². The normalized spacial score (nSPS) is 15.7. The van der Waals surface area contributed by atoms with E-state index in [1.165, 1.54) is 11.8 Å². The molecule has 3 rings (SSSR count). The molecule has 0 aromatic heterocycles. The fourth-order valence-electron chi connectivity index (χ4n) is 4.85. The van der Waals surface area contributed by atoms with Crippen LogP contribution >= 0.6 is 11.8 Å². The van der Waals surface area contributed by atoms with E-state index in [-0.39, 0.29) is 24.1 Å². The van der Waals surface area contributed by atoms with Gasteiger partial charge in [-0.15, -0.1) is 0 Å². The molecule has 0 fully saturated rings. The Balaban J connectivity index is 1.74. The number of fused-ring (bicyclic) bond motifs is 1. The van der Waals surface area contributed by atoms with Crippen molar-refractivity contribution in [3.05, 3.63) is 70.8 Å². The Hall–Kier alpha value is -3.42. The van der Waals surface area contributed by atoms with E-state index < -0.39 is 40.0 Å². The summed E-state index contributed by atoms with van der Waals surface area (Å²) in [5.74, 6) is -1.14. The molecule has 3 atom stereocenters. The second-order valence-electron chi connectivity index (χ2n) is 10.1. The van der Waals surface area contributed by atoms with Crippen LogP contribution in [0.3, 0.4) is 0 Å². The highest BCUT2D eigenvalue weighted by Gasteiger charge is 2.38. The average molecular weight is 618 g/mol. The summed E-state index contributed by atoms with van der Waals surface area (Å²) >= 11 is 1.53. The first-order chi connectivity index (χ1) is 20.0. The van der Waals surface area contributed by atoms with Crippen molar-refractivity contribution in [2.45, 2.75) is 63.6 Å². The van der Waals surface area contributed by atoms with Gasteiger partial charge in [0.05, 0.1) is 5.75 Å². The van der Waals surface area contributed by atoms with Crippen LogP contribution < -0.4 is 21.1 Å². The molecule has 1 aliphatic carbocycles. The minimum atomic E-state index is -3.73. The summed E-state index contributed by atoms with van der Waals surface area (Å²) in [6.45, 7) is 2.05. The molecule has 0 saturated carbocycles. The lowest BCUT2D eigenvalue weighted by molar-refractivity contribution is -0.130. The van der Waals surface area contributed by atoms with E-state index in [0.29, 0.717) is 37.0 Å². The van der Waals surface area contributed by atoms with Gasteiger partial charge in [-0.2, -0.15) is 11.8 Å². The first kappa shape index (κ1) is 33.1. The summed E-state index contributed by atoms with van der Waals surface area (Å²) in [5.41, 5.74) is 8.04. The molecule has 1 aliphatic rings. The van der Waals surface area contributed by atoms with Gasteiger partial charge < -0.3 is 21.1 Å². The number of hydrogen-bond acceptors (Lipinski definition) is 8. The summed E-state index contributed by atoms with van der Waals surface area (Å²) in [5, 5.41) is 13.4. The van der Waals surface area contributed by atoms with E-state index in [9.17, 15) is 22.8 Å². The lowest BCUT2D eigenvalue weighted by atomic mass is 9.93. The van der Waals surface area contributed by atoms with Crippen LogP contribution in [-0.4, -0.2) is 62.1 Å². The Morgan fingerprint density at radius 3 is 2.50 bits per heavy atom. The highest BCUT2D eigenvalue weighted by atomic mass is 32.2. The molecule has 0 heterocycles. The molecular formula is C29H39N5O6S2. The Morgan fingerprint density at radius 1 is 1.12 bits per heavy atom. The van der Waals surface area contributed by atoms with Crippen molar-refractivity contribution in [1.82, 2.24) is 15.4 Å². The van der Waals surface area contributed by atoms with Crippen LogP contribution in [0.15, 0.2) is 48.5 Å². The van der Waals surface area contributed by atoms with Gasteiger partial charge in [0.1, 0.15) is 12.1 Å². The van der Waals surface area contributed by atoms with Crippen molar-refractivity contribution < 1.29 is 27.5 Å². The van der Waals surface area contributed by atoms with Crippen molar-refractivity contribution in [2.75, 3.05) is 17.8 Å². The van der Waals surface area contributed by atoms with Crippen molar-refractivity contribution in [2.24, 2.45) is 5.73 Å². The number of nitrogens with one attached hydrogen (secondary N) is 4. The summed E-state index contributed by atoms with van der Waals surface area (Å²) in [7, 11) is -3.73. The molecule has 0 radical (unpaired) electrons. The van der Waals surface area contributed by atoms with Crippen molar-refractivity contribution in [3.8, 4) is 0 Å². The maximum atomic E-state index is 13.7. The van der Waals surface area contributed by atoms with Gasteiger partial charge in [0.2, 0.25) is 27.7 Å². The van der Waals surface area contributed by atoms with Crippen molar-refractivity contribution in [1.29, 1.82) is 5.41 Å². The van der Waals surface area contributed by atoms with E-state index >= 15 is 0 Å². The lowest BCUT2D eigenvalue weighted by Crippen LogP contribution is -2.55. The predicted octanol–water partition coefficient (Wildman–Crippen LogP) is 2.78. The molecule has 0 saturated heterocycles. The number of aryl methyl sites for hydroxylation is 1. The first-order valence-corrected chi connectivity index (χ1v) is 16.9. The van der Waals surface area contributed by atoms with Gasteiger partial charge in [-0.3, -0.25) is 15.0 Å². The number of carbonyl (C=O) groups is 3. The number of carbonyl (C=O) groups excluding carboxylic acids is 3. The third-order valence-corrected chi connectivity index (χ3v) is 9.15. The molecular weight excluding hydrogens is 578 g/mol. The molecule has 0 spiro atoms. The van der Waals surface area contributed by atoms with Gasteiger partial charge in [0.25, 0.3) is 0 Å². The summed E-state index contributed by atoms with van der Waals surface area (Å²) in [4.78, 5) is 37.8. The van der Waals surface area contributed by atoms with Gasteiger partial charge in [-0.25, -0.2) is 17.9 Å². The minimum absolute atomic E-state index is 0.0784. The largest absolute Gasteiger partial charge is 0.411 e. The highest BCUT2D eigenvalue weighted by Crippen LogP contribution is 2.35. The number of thioether (sulfide) groups is 1. The molecule has 0 bridgehead atoms. The van der Waals surface area contributed by atoms with E-state index in [0.717, 1.165) is 23.1 Å². The number of nitrogens with two attached hydrogens (primary N) is 1. The molecule has 13 heteroatoms. The SMILES string of the molecule is CCCCS(=O)(=O)N[C@@H](C(=O)N[C@@H](CCSC)C(=O)NCc1ccc(C(=N)OC(N)=O)cc1)C1CCc2ccccc21. The van der Waals surface area contributed by atoms with Crippen LogP contribution in [0.4, 0.5) is 4.79 Å². The Labute approximate surface area is 251 Å². The van der Waals surface area contributed by atoms with E-state index in [1.54, 1.807) is 24.3 Å². The van der Waals surface area contributed by atoms with Gasteiger partial charge in [-0.1, -0.05) is 49.7 Å². The minimum Gasteiger partial charge on any atom is -0.391 e. The van der Waals surface area contributed by atoms with Crippen molar-refractivity contribution in [3.63, 3.8) is 0 Å². The zero-order valence-electron chi connectivity index (χ0n) is 23.9. The maximum Gasteiger partial charge on any atom is 0.411 e. The summed E-state index contributed by atoms with van der Waals surface area (Å²) in [6, 6.07) is 12.3. The number of hydrogen-bond donors (Lipinski definition) is 5.